The van der Waals surface area contributed by atoms with Gasteiger partial charge in [0.1, 0.15) is 17.0 Å². The van der Waals surface area contributed by atoms with Crippen molar-refractivity contribution in [3.63, 3.8) is 0 Å². The smallest absolute Gasteiger partial charge is 0.229 e. The van der Waals surface area contributed by atoms with Gasteiger partial charge in [-0.2, -0.15) is 9.37 Å². The molecule has 0 radical (unpaired) electrons. The predicted octanol–water partition coefficient (Wildman–Crippen LogP) is 10.1. The van der Waals surface area contributed by atoms with E-state index < -0.39 is 11.2 Å². The summed E-state index contributed by atoms with van der Waals surface area (Å²) in [4.78, 5) is 34.3. The van der Waals surface area contributed by atoms with E-state index in [2.05, 4.69) is 36.8 Å². The van der Waals surface area contributed by atoms with Crippen molar-refractivity contribution in [2.45, 2.75) is 93.5 Å². The lowest BCUT2D eigenvalue weighted by atomic mass is 10.1. The Bertz CT molecular complexity index is 1820. The number of nitrogens with two attached hydrogens (primary N) is 1. The molecule has 49 heavy (non-hydrogen) atoms. The van der Waals surface area contributed by atoms with Gasteiger partial charge in [0, 0.05) is 41.9 Å². The quantitative estimate of drug-likeness (QED) is 0.163. The largest absolute Gasteiger partial charge is 0.497 e. The number of hydrogen-bond donors (Lipinski definition) is 2. The van der Waals surface area contributed by atoms with E-state index in [9.17, 15) is 14.0 Å². The molecular formula is C39H54FN5O4. The van der Waals surface area contributed by atoms with Gasteiger partial charge in [0.05, 0.1) is 18.2 Å². The number of ketones is 1. The minimum Gasteiger partial charge on any atom is -0.497 e. The molecule has 5 aromatic rings. The van der Waals surface area contributed by atoms with Crippen LogP contribution in [0.5, 0.6) is 5.75 Å². The summed E-state index contributed by atoms with van der Waals surface area (Å²) in [7, 11) is 3.04. The average molecular weight is 676 g/mol. The molecule has 0 saturated heterocycles. The summed E-state index contributed by atoms with van der Waals surface area (Å²) in [5, 5.41) is 4.09. The normalized spacial score (nSPS) is 12.1. The lowest BCUT2D eigenvalue weighted by Crippen LogP contribution is -2.12. The maximum atomic E-state index is 14.9. The lowest BCUT2D eigenvalue weighted by Gasteiger charge is -2.16. The molecule has 0 unspecified atom stereocenters. The predicted molar refractivity (Wildman–Crippen MR) is 201 cm³/mol. The van der Waals surface area contributed by atoms with Crippen molar-refractivity contribution in [3.8, 4) is 17.1 Å². The fraction of sp³-hybridized carbons (Fsp3) is 0.436. The van der Waals surface area contributed by atoms with Crippen LogP contribution in [-0.2, 0) is 0 Å². The number of methoxy groups -OCH3 is 1. The Hall–Kier alpha value is -4.57. The molecule has 0 aliphatic heterocycles. The van der Waals surface area contributed by atoms with Gasteiger partial charge in [0.15, 0.2) is 11.5 Å². The molecule has 3 aromatic heterocycles. The number of Topliss-reactive ketones (excluding diaryl/α,β-unsaturated/α-hetero) is 1. The van der Waals surface area contributed by atoms with Crippen molar-refractivity contribution in [1.29, 1.82) is 0 Å². The van der Waals surface area contributed by atoms with Gasteiger partial charge in [0.2, 0.25) is 17.2 Å². The Morgan fingerprint density at radius 2 is 1.67 bits per heavy atom. The molecular weight excluding hydrogens is 621 g/mol. The molecule has 9 nitrogen and oxygen atoms in total. The summed E-state index contributed by atoms with van der Waals surface area (Å²) >= 11 is 0. The zero-order valence-electron chi connectivity index (χ0n) is 30.8. The molecule has 6 rings (SSSR count). The van der Waals surface area contributed by atoms with Gasteiger partial charge in [0.25, 0.3) is 0 Å². The number of nitrogens with zero attached hydrogens (tertiary/aromatic N) is 3. The second kappa shape index (κ2) is 20.1. The molecule has 2 aromatic carbocycles. The Labute approximate surface area is 290 Å². The van der Waals surface area contributed by atoms with Crippen LogP contribution in [0.4, 0.5) is 16.0 Å². The number of aromatic nitrogens is 3. The maximum absolute atomic E-state index is 14.9. The highest BCUT2D eigenvalue weighted by Crippen LogP contribution is 2.35. The number of ether oxygens (including phenoxy) is 1. The van der Waals surface area contributed by atoms with Crippen molar-refractivity contribution >= 4 is 39.4 Å². The summed E-state index contributed by atoms with van der Waals surface area (Å²) in [6.45, 7) is 16.2. The van der Waals surface area contributed by atoms with E-state index in [0.717, 1.165) is 37.0 Å². The first-order valence-electron chi connectivity index (χ1n) is 17.3. The van der Waals surface area contributed by atoms with Crippen LogP contribution in [0, 0.1) is 11.7 Å². The number of carbonyl (C=O) groups excluding carboxylic acids is 1. The molecule has 1 aliphatic rings. The highest BCUT2D eigenvalue weighted by Gasteiger charge is 2.24. The van der Waals surface area contributed by atoms with Gasteiger partial charge in [-0.25, -0.2) is 4.98 Å². The topological polar surface area (TPSA) is 125 Å². The number of hydrogen-bond acceptors (Lipinski definition) is 8. The van der Waals surface area contributed by atoms with Crippen LogP contribution in [0.25, 0.3) is 33.3 Å². The number of rotatable bonds is 7. The fourth-order valence-corrected chi connectivity index (χ4v) is 5.18. The summed E-state index contributed by atoms with van der Waals surface area (Å²) in [5.74, 6) is 0.723. The third-order valence-corrected chi connectivity index (χ3v) is 7.89. The SMILES string of the molecule is CC.CC.CCC(C)C.CN.COc1ccc(-c2oc3cc(Nc4ncc5cc(C(C)=O)n(C6CCCC6)c5n4)ccc3c(=O)c2F)cc1. The molecule has 3 N–H and O–H groups in total. The Kier molecular flexibility index (Phi) is 16.6. The minimum atomic E-state index is -0.953. The molecule has 1 saturated carbocycles. The van der Waals surface area contributed by atoms with Gasteiger partial charge in [-0.1, -0.05) is 67.7 Å². The number of halogens is 1. The second-order valence-electron chi connectivity index (χ2n) is 11.3. The summed E-state index contributed by atoms with van der Waals surface area (Å²) in [6.07, 6.45) is 7.26. The van der Waals surface area contributed by atoms with Crippen LogP contribution >= 0.6 is 0 Å². The molecule has 0 atom stereocenters. The van der Waals surface area contributed by atoms with Crippen LogP contribution in [0.1, 0.15) is 104 Å². The van der Waals surface area contributed by atoms with Crippen LogP contribution in [-0.4, -0.2) is 34.5 Å². The van der Waals surface area contributed by atoms with E-state index in [0.29, 0.717) is 34.3 Å². The van der Waals surface area contributed by atoms with Gasteiger partial charge in [-0.05, 0) is 68.3 Å². The molecule has 0 bridgehead atoms. The highest BCUT2D eigenvalue weighted by molar-refractivity contribution is 5.98. The summed E-state index contributed by atoms with van der Waals surface area (Å²) in [6, 6.07) is 13.5. The van der Waals surface area contributed by atoms with E-state index >= 15 is 0 Å². The molecule has 0 amide bonds. The first-order valence-corrected chi connectivity index (χ1v) is 17.3. The standard InChI is InChI=1S/C29H25FN4O4.C5H12.2C2H6.CH5N/c1-16(35)23-13-18-15-31-29(33-28(18)34(23)20-5-3-4-6-20)32-19-9-12-22-24(14-19)38-27(25(30)26(22)36)17-7-10-21(37-2)11-8-17;1-4-5(2)3;3*1-2/h7-15,20H,3-6H2,1-2H3,(H,31,32,33);5H,4H2,1-3H3;2*1-2H3;2H2,1H3. The fourth-order valence-electron chi connectivity index (χ4n) is 5.18. The van der Waals surface area contributed by atoms with Crippen LogP contribution in [0.15, 0.2) is 63.9 Å². The molecule has 0 spiro atoms. The Balaban J connectivity index is 0.000000677. The molecule has 10 heteroatoms. The number of fused-ring (bicyclic) bond motifs is 2. The minimum absolute atomic E-state index is 0.00568. The summed E-state index contributed by atoms with van der Waals surface area (Å²) in [5.41, 5.74) is 6.31. The monoisotopic (exact) mass is 675 g/mol. The molecule has 266 valence electrons. The van der Waals surface area contributed by atoms with E-state index in [1.165, 1.54) is 26.6 Å². The zero-order chi connectivity index (χ0) is 36.7. The number of benzene rings is 2. The highest BCUT2D eigenvalue weighted by atomic mass is 19.1. The van der Waals surface area contributed by atoms with E-state index in [1.54, 1.807) is 49.5 Å². The van der Waals surface area contributed by atoms with Crippen LogP contribution in [0.2, 0.25) is 0 Å². The van der Waals surface area contributed by atoms with Gasteiger partial charge >= 0.3 is 0 Å². The first kappa shape index (κ1) is 40.6. The van der Waals surface area contributed by atoms with Crippen molar-refractivity contribution in [1.82, 2.24) is 14.5 Å². The molecule has 3 heterocycles. The Morgan fingerprint density at radius 3 is 2.22 bits per heavy atom. The van der Waals surface area contributed by atoms with Gasteiger partial charge in [-0.3, -0.25) is 9.59 Å². The van der Waals surface area contributed by atoms with Crippen molar-refractivity contribution in [3.05, 3.63) is 76.5 Å². The van der Waals surface area contributed by atoms with Crippen molar-refractivity contribution < 1.29 is 18.3 Å². The van der Waals surface area contributed by atoms with Crippen LogP contribution < -0.4 is 21.2 Å². The van der Waals surface area contributed by atoms with Crippen LogP contribution in [0.3, 0.4) is 0 Å². The first-order chi connectivity index (χ1) is 23.7. The third kappa shape index (κ3) is 9.98. The van der Waals surface area contributed by atoms with Gasteiger partial charge < -0.3 is 24.8 Å². The van der Waals surface area contributed by atoms with E-state index in [4.69, 9.17) is 14.1 Å². The molecule has 1 aliphatic carbocycles. The van der Waals surface area contributed by atoms with Gasteiger partial charge in [-0.15, -0.1) is 0 Å². The number of nitrogens with one attached hydrogen (secondary N) is 1. The molecule has 1 fully saturated rings. The maximum Gasteiger partial charge on any atom is 0.229 e. The Morgan fingerprint density at radius 1 is 1.06 bits per heavy atom. The third-order valence-electron chi connectivity index (χ3n) is 7.89. The second-order valence-corrected chi connectivity index (χ2v) is 11.3. The zero-order valence-corrected chi connectivity index (χ0v) is 30.8. The average Bonchev–Trinajstić information content (AvgIpc) is 3.81. The number of anilines is 2. The number of carbonyl (C=O) groups is 1. The van der Waals surface area contributed by atoms with E-state index in [-0.39, 0.29) is 28.6 Å². The lowest BCUT2D eigenvalue weighted by molar-refractivity contribution is 0.100. The van der Waals surface area contributed by atoms with Crippen molar-refractivity contribution in [2.75, 3.05) is 19.5 Å². The van der Waals surface area contributed by atoms with Crippen molar-refractivity contribution in [2.24, 2.45) is 11.7 Å². The summed E-state index contributed by atoms with van der Waals surface area (Å²) < 4.78 is 28.0. The van der Waals surface area contributed by atoms with E-state index in [1.807, 2.05) is 38.3 Å².